The third-order valence-corrected chi connectivity index (χ3v) is 17.0. The van der Waals surface area contributed by atoms with Gasteiger partial charge in [0.15, 0.2) is 0 Å². The molecule has 0 aliphatic carbocycles. The highest BCUT2D eigenvalue weighted by molar-refractivity contribution is 6.00. The fraction of sp³-hybridized carbons (Fsp3) is 0.710. The number of phenols is 1. The highest BCUT2D eigenvalue weighted by Gasteiger charge is 2.39. The van der Waals surface area contributed by atoms with E-state index in [4.69, 9.17) is 28.7 Å². The minimum atomic E-state index is -1.82. The molecule has 0 aliphatic rings. The Morgan fingerprint density at radius 2 is 0.673 bits per heavy atom. The van der Waals surface area contributed by atoms with E-state index in [9.17, 15) is 87.5 Å². The van der Waals surface area contributed by atoms with E-state index < -0.39 is 198 Å². The van der Waals surface area contributed by atoms with Crippen LogP contribution in [0.3, 0.4) is 0 Å². The molecule has 590 valence electrons. The lowest BCUT2D eigenvalue weighted by molar-refractivity contribution is -0.143. The quantitative estimate of drug-likeness (QED) is 0.0289. The van der Waals surface area contributed by atoms with Gasteiger partial charge in [0.05, 0.1) is 12.1 Å². The van der Waals surface area contributed by atoms with Crippen molar-refractivity contribution >= 4 is 82.8 Å². The van der Waals surface area contributed by atoms with Crippen molar-refractivity contribution in [3.05, 3.63) is 29.8 Å². The lowest BCUT2D eigenvalue weighted by atomic mass is 9.98. The lowest BCUT2D eigenvalue weighted by Gasteiger charge is -2.30. The van der Waals surface area contributed by atoms with Crippen LogP contribution < -0.4 is 92.5 Å². The second kappa shape index (κ2) is 49.1. The van der Waals surface area contributed by atoms with Gasteiger partial charge in [0.1, 0.15) is 78.3 Å². The number of aliphatic carboxylic acids is 2. The van der Waals surface area contributed by atoms with E-state index >= 15 is 0 Å². The Kier molecular flexibility index (Phi) is 44.1. The summed E-state index contributed by atoms with van der Waals surface area (Å²) >= 11 is 0. The summed E-state index contributed by atoms with van der Waals surface area (Å²) in [6.07, 6.45) is 1.23. The van der Waals surface area contributed by atoms with Crippen LogP contribution in [0, 0.1) is 23.7 Å². The Labute approximate surface area is 609 Å². The minimum Gasteiger partial charge on any atom is -0.508 e. The summed E-state index contributed by atoms with van der Waals surface area (Å²) < 4.78 is 0. The van der Waals surface area contributed by atoms with Gasteiger partial charge < -0.3 is 113 Å². The van der Waals surface area contributed by atoms with Gasteiger partial charge in [-0.25, -0.2) is 4.79 Å². The molecular formula is C69H121N17O18. The molecule has 0 heterocycles. The van der Waals surface area contributed by atoms with Crippen molar-refractivity contribution in [2.45, 2.75) is 264 Å². The number of carboxylic acids is 2. The van der Waals surface area contributed by atoms with Crippen molar-refractivity contribution in [3.8, 4) is 5.75 Å². The zero-order chi connectivity index (χ0) is 79.1. The molecule has 1 aromatic rings. The Morgan fingerprint density at radius 3 is 1.08 bits per heavy atom. The number of aliphatic hydroxyl groups is 1. The molecule has 1 aromatic carbocycles. The van der Waals surface area contributed by atoms with Crippen LogP contribution in [0.15, 0.2) is 24.3 Å². The predicted molar refractivity (Wildman–Crippen MR) is 386 cm³/mol. The van der Waals surface area contributed by atoms with Crippen molar-refractivity contribution in [3.63, 3.8) is 0 Å². The zero-order valence-electron chi connectivity index (χ0n) is 62.2. The Bertz CT molecular complexity index is 2940. The standard InChI is InChI=1S/C69H121N17O18/c1-36(2)34-50(64(98)85-55(39(7)8)69(103)104)81-67(101)54(38(5)6)84-65(99)51(35-43-24-26-44(88)27-25-43)82-68(102)56(42(11)87)86-58(92)41(10)75-57(91)40(9)76-60(94)49(28-29-52(89)90)80-66(100)53(37(3)4)83-63(97)48(23-15-19-33-73)79-62(96)47(22-14-18-32-72)78-61(95)46(21-13-17-31-71)77-59(93)45(74)20-12-16-30-70/h24-27,36-42,45-51,53-56,87-88H,12-23,28-35,70-74H2,1-11H3,(H,75,91)(H,76,94)(H,77,93)(H,78,95)(H,79,96)(H,80,100)(H,81,101)(H,82,102)(H,83,97)(H,84,99)(H,85,98)(H,86,92)(H,89,90)(H,103,104)/t40-,41-,42+,45-,46-,47-,48-,49-,50-,51-,53-,54-,55-,56-/m0/s1. The third kappa shape index (κ3) is 35.2. The van der Waals surface area contributed by atoms with E-state index in [0.717, 1.165) is 6.92 Å². The molecule has 26 N–H and O–H groups in total. The maximum atomic E-state index is 14.3. The summed E-state index contributed by atoms with van der Waals surface area (Å²) in [5.74, 6) is -15.5. The van der Waals surface area contributed by atoms with Crippen molar-refractivity contribution < 1.29 is 87.5 Å². The van der Waals surface area contributed by atoms with Gasteiger partial charge in [0.25, 0.3) is 0 Å². The number of hydrogen-bond donors (Lipinski definition) is 21. The predicted octanol–water partition coefficient (Wildman–Crippen LogP) is -3.02. The fourth-order valence-corrected chi connectivity index (χ4v) is 10.7. The van der Waals surface area contributed by atoms with Gasteiger partial charge in [-0.2, -0.15) is 0 Å². The van der Waals surface area contributed by atoms with Crippen LogP contribution in [0.2, 0.25) is 0 Å². The number of aromatic hydroxyl groups is 1. The minimum absolute atomic E-state index is 0.00388. The van der Waals surface area contributed by atoms with Crippen LogP contribution in [0.1, 0.15) is 178 Å². The largest absolute Gasteiger partial charge is 0.508 e. The Hall–Kier alpha value is -8.64. The zero-order valence-corrected chi connectivity index (χ0v) is 62.2. The van der Waals surface area contributed by atoms with Crippen LogP contribution in [-0.2, 0) is 73.5 Å². The topological polar surface area (TPSA) is 594 Å². The van der Waals surface area contributed by atoms with Crippen LogP contribution in [0.5, 0.6) is 5.75 Å². The number of hydrogen-bond acceptors (Lipinski definition) is 21. The molecule has 0 bridgehead atoms. The van der Waals surface area contributed by atoms with Crippen molar-refractivity contribution in [2.75, 3.05) is 26.2 Å². The molecule has 14 atom stereocenters. The number of carbonyl (C=O) groups is 14. The monoisotopic (exact) mass is 1480 g/mol. The van der Waals surface area contributed by atoms with Gasteiger partial charge in [0.2, 0.25) is 70.9 Å². The van der Waals surface area contributed by atoms with Crippen LogP contribution in [0.4, 0.5) is 0 Å². The summed E-state index contributed by atoms with van der Waals surface area (Å²) in [5.41, 5.74) is 29.4. The third-order valence-electron chi connectivity index (χ3n) is 17.0. The molecule has 1 rings (SSSR count). The first-order valence-electron chi connectivity index (χ1n) is 35.9. The van der Waals surface area contributed by atoms with Gasteiger partial charge in [-0.15, -0.1) is 0 Å². The number of unbranched alkanes of at least 4 members (excludes halogenated alkanes) is 4. The van der Waals surface area contributed by atoms with Crippen molar-refractivity contribution in [1.29, 1.82) is 0 Å². The average Bonchev–Trinajstić information content (AvgIpc) is 0.850. The molecule has 104 heavy (non-hydrogen) atoms. The normalized spacial score (nSPS) is 15.4. The molecular weight excluding hydrogens is 1350 g/mol. The van der Waals surface area contributed by atoms with Gasteiger partial charge in [-0.05, 0) is 172 Å². The molecule has 0 aromatic heterocycles. The van der Waals surface area contributed by atoms with Crippen molar-refractivity contribution in [1.82, 2.24) is 63.8 Å². The summed E-state index contributed by atoms with van der Waals surface area (Å²) in [6, 6.07) is -12.5. The molecule has 35 nitrogen and oxygen atoms in total. The van der Waals surface area contributed by atoms with Gasteiger partial charge in [-0.3, -0.25) is 62.3 Å². The second-order valence-electron chi connectivity index (χ2n) is 27.8. The molecule has 0 fully saturated rings. The van der Waals surface area contributed by atoms with E-state index in [0.29, 0.717) is 76.4 Å². The molecule has 0 saturated heterocycles. The number of carbonyl (C=O) groups excluding carboxylic acids is 12. The Balaban J connectivity index is 3.45. The lowest BCUT2D eigenvalue weighted by Crippen LogP contribution is -2.62. The van der Waals surface area contributed by atoms with E-state index in [1.54, 1.807) is 55.4 Å². The number of carboxylic acid groups (broad SMARTS) is 2. The number of rotatable bonds is 52. The first-order chi connectivity index (χ1) is 48.8. The van der Waals surface area contributed by atoms with Gasteiger partial charge >= 0.3 is 11.9 Å². The van der Waals surface area contributed by atoms with Crippen LogP contribution >= 0.6 is 0 Å². The number of amides is 12. The fourth-order valence-electron chi connectivity index (χ4n) is 10.7. The molecule has 0 radical (unpaired) electrons. The summed E-state index contributed by atoms with van der Waals surface area (Å²) in [4.78, 5) is 191. The van der Waals surface area contributed by atoms with Crippen LogP contribution in [0.25, 0.3) is 0 Å². The highest BCUT2D eigenvalue weighted by Crippen LogP contribution is 2.17. The van der Waals surface area contributed by atoms with Crippen LogP contribution in [-0.4, -0.2) is 214 Å². The molecule has 12 amide bonds. The number of nitrogens with one attached hydrogen (secondary N) is 12. The smallest absolute Gasteiger partial charge is 0.326 e. The maximum absolute atomic E-state index is 14.3. The number of nitrogens with two attached hydrogens (primary N) is 5. The van der Waals surface area contributed by atoms with E-state index in [1.165, 1.54) is 38.1 Å². The molecule has 0 spiro atoms. The summed E-state index contributed by atoms with van der Waals surface area (Å²) in [5, 5.41) is 70.9. The number of benzene rings is 1. The average molecular weight is 1480 g/mol. The summed E-state index contributed by atoms with van der Waals surface area (Å²) in [7, 11) is 0. The maximum Gasteiger partial charge on any atom is 0.326 e. The van der Waals surface area contributed by atoms with Gasteiger partial charge in [0, 0.05) is 12.8 Å². The molecule has 0 unspecified atom stereocenters. The van der Waals surface area contributed by atoms with Crippen molar-refractivity contribution in [2.24, 2.45) is 52.3 Å². The second-order valence-corrected chi connectivity index (χ2v) is 27.8. The molecule has 0 aliphatic heterocycles. The SMILES string of the molecule is CC(C)C[C@H](NC(=O)[C@@H](NC(=O)[C@H](Cc1ccc(O)cc1)NC(=O)[C@@H](NC(=O)[C@H](C)NC(=O)[C@H](C)NC(=O)[C@H](CCC(=O)O)NC(=O)[C@@H](NC(=O)[C@H](CCCCN)NC(=O)[C@H](CCCCN)NC(=O)[C@H](CCCCN)NC(=O)[C@@H](N)CCCCN)C(C)C)[C@@H](C)O)C(C)C)C(=O)N[C@H](C(=O)O)C(C)C. The number of aliphatic hydroxyl groups excluding tert-OH is 1. The molecule has 0 saturated carbocycles. The first-order valence-corrected chi connectivity index (χ1v) is 35.9. The first kappa shape index (κ1) is 93.4. The van der Waals surface area contributed by atoms with E-state index in [2.05, 4.69) is 63.8 Å². The highest BCUT2D eigenvalue weighted by atomic mass is 16.4. The number of phenolic OH excluding ortho intramolecular Hbond substituents is 1. The molecule has 35 heteroatoms. The van der Waals surface area contributed by atoms with E-state index in [-0.39, 0.29) is 56.9 Å². The van der Waals surface area contributed by atoms with E-state index in [1.807, 2.05) is 0 Å². The van der Waals surface area contributed by atoms with Gasteiger partial charge in [-0.1, -0.05) is 73.9 Å². The summed E-state index contributed by atoms with van der Waals surface area (Å²) in [6.45, 7) is 17.8. The Morgan fingerprint density at radius 1 is 0.356 bits per heavy atom.